The molecule has 0 bridgehead atoms. The predicted octanol–water partition coefficient (Wildman–Crippen LogP) is 4.81. The van der Waals surface area contributed by atoms with E-state index in [1.807, 2.05) is 11.8 Å². The van der Waals surface area contributed by atoms with E-state index in [9.17, 15) is 44.7 Å². The summed E-state index contributed by atoms with van der Waals surface area (Å²) in [4.78, 5) is 53.6. The molecule has 3 aliphatic rings. The van der Waals surface area contributed by atoms with Gasteiger partial charge in [0.2, 0.25) is 11.7 Å². The van der Waals surface area contributed by atoms with Crippen LogP contribution >= 0.6 is 11.8 Å². The Labute approximate surface area is 326 Å². The Morgan fingerprint density at radius 2 is 1.62 bits per heavy atom. The maximum absolute atomic E-state index is 13.9. The molecule has 55 heavy (non-hydrogen) atoms. The number of unbranched alkanes of at least 4 members (excludes halogenated alkanes) is 8. The Balaban J connectivity index is 1.28. The van der Waals surface area contributed by atoms with Crippen molar-refractivity contribution in [3.63, 3.8) is 0 Å². The third-order valence-electron chi connectivity index (χ3n) is 11.0. The van der Waals surface area contributed by atoms with Crippen molar-refractivity contribution in [2.45, 2.75) is 134 Å². The van der Waals surface area contributed by atoms with Gasteiger partial charge in [-0.15, -0.1) is 0 Å². The number of aromatic hydroxyl groups is 2. The summed E-state index contributed by atoms with van der Waals surface area (Å²) in [6, 6.07) is 3.59. The summed E-state index contributed by atoms with van der Waals surface area (Å²) < 4.78 is 17.6. The Morgan fingerprint density at radius 1 is 0.964 bits per heavy atom. The van der Waals surface area contributed by atoms with Crippen LogP contribution < -0.4 is 10.1 Å². The smallest absolute Gasteiger partial charge is 0.220 e. The quantitative estimate of drug-likeness (QED) is 0.0713. The number of carbonyl (C=O) groups excluding carboxylic acids is 4. The first-order chi connectivity index (χ1) is 26.4. The molecule has 6 atom stereocenters. The first kappa shape index (κ1) is 42.6. The zero-order valence-electron chi connectivity index (χ0n) is 31.9. The number of aliphatic hydroxyl groups is 3. The van der Waals surface area contributed by atoms with E-state index in [1.165, 1.54) is 68.9 Å². The van der Waals surface area contributed by atoms with Gasteiger partial charge in [-0.05, 0) is 37.3 Å². The van der Waals surface area contributed by atoms with Crippen LogP contribution in [0.4, 0.5) is 0 Å². The summed E-state index contributed by atoms with van der Waals surface area (Å²) in [5.74, 6) is -1.70. The zero-order valence-corrected chi connectivity index (χ0v) is 32.8. The molecular weight excluding hydrogens is 731 g/mol. The minimum Gasteiger partial charge on any atom is -0.507 e. The molecule has 5 rings (SSSR count). The molecule has 14 heteroatoms. The number of hydrogen-bond acceptors (Lipinski definition) is 13. The standard InChI is InChI=1S/C41H55NO12S/c1-4-55-18-13-11-9-7-5-6-8-10-12-17-30(45)42-26-19-31(53-23(2)36(26)46)54-28-21-41(51,29(44)22-43)20-25-33(28)40(50)35-34(38(25)48)37(47)24-15-14-16-27(52-3)32(24)39(35)49/h14-16,23,26,28,31,36,43,46,48,50-51H,4-13,17-22H2,1-3H3,(H,42,45)/t23-,26-,28-,31-,36+,41-/m0/s1. The number of aliphatic hydroxyl groups excluding tert-OH is 2. The number of benzene rings is 2. The summed E-state index contributed by atoms with van der Waals surface area (Å²) in [7, 11) is 1.33. The number of methoxy groups -OCH3 is 1. The number of ether oxygens (including phenoxy) is 3. The number of phenolic OH excluding ortho intramolecular Hbond substituents is 2. The normalized spacial score (nSPS) is 24.5. The number of rotatable bonds is 19. The van der Waals surface area contributed by atoms with Crippen molar-refractivity contribution in [3.05, 3.63) is 51.6 Å². The van der Waals surface area contributed by atoms with Gasteiger partial charge in [0.05, 0.1) is 42.0 Å². The molecule has 0 unspecified atom stereocenters. The number of nitrogens with one attached hydrogen (secondary N) is 1. The first-order valence-corrected chi connectivity index (χ1v) is 20.6. The molecule has 2 aliphatic carbocycles. The molecule has 302 valence electrons. The highest BCUT2D eigenvalue weighted by molar-refractivity contribution is 7.99. The van der Waals surface area contributed by atoms with Crippen LogP contribution in [0.2, 0.25) is 0 Å². The molecule has 0 aromatic heterocycles. The van der Waals surface area contributed by atoms with Crippen molar-refractivity contribution in [2.75, 3.05) is 25.2 Å². The fraction of sp³-hybridized carbons (Fsp3) is 0.610. The second-order valence-electron chi connectivity index (χ2n) is 14.8. The fourth-order valence-electron chi connectivity index (χ4n) is 8.01. The molecule has 1 aliphatic heterocycles. The van der Waals surface area contributed by atoms with E-state index < -0.39 is 95.7 Å². The van der Waals surface area contributed by atoms with Crippen LogP contribution in [0.5, 0.6) is 17.2 Å². The lowest BCUT2D eigenvalue weighted by Crippen LogP contribution is -2.55. The fourth-order valence-corrected chi connectivity index (χ4v) is 8.71. The van der Waals surface area contributed by atoms with Crippen LogP contribution in [0.3, 0.4) is 0 Å². The highest BCUT2D eigenvalue weighted by Crippen LogP contribution is 2.52. The van der Waals surface area contributed by atoms with Crippen molar-refractivity contribution in [2.24, 2.45) is 0 Å². The molecule has 1 heterocycles. The van der Waals surface area contributed by atoms with Crippen molar-refractivity contribution in [1.82, 2.24) is 5.32 Å². The summed E-state index contributed by atoms with van der Waals surface area (Å²) in [5, 5.41) is 58.5. The SMILES string of the molecule is CCSCCCCCCCCCCCC(=O)N[C@H]1C[C@H](O[C@H]2C[C@](O)(C(=O)CO)Cc3c(O)c4c(c(O)c32)C(=O)c2c(OC)cccc2C4=O)O[C@@H](C)[C@H]1O. The number of ketones is 3. The highest BCUT2D eigenvalue weighted by atomic mass is 32.2. The van der Waals surface area contributed by atoms with Crippen molar-refractivity contribution in [3.8, 4) is 17.2 Å². The largest absolute Gasteiger partial charge is 0.507 e. The topological polar surface area (TPSA) is 209 Å². The average molecular weight is 786 g/mol. The number of thioether (sulfide) groups is 1. The van der Waals surface area contributed by atoms with Gasteiger partial charge in [0.1, 0.15) is 35.6 Å². The van der Waals surface area contributed by atoms with Gasteiger partial charge >= 0.3 is 0 Å². The van der Waals surface area contributed by atoms with Crippen LogP contribution in [-0.2, 0) is 25.5 Å². The number of fused-ring (bicyclic) bond motifs is 3. The Morgan fingerprint density at radius 3 is 2.27 bits per heavy atom. The van der Waals surface area contributed by atoms with E-state index >= 15 is 0 Å². The molecule has 2 aromatic carbocycles. The molecule has 2 aromatic rings. The molecule has 0 spiro atoms. The van der Waals surface area contributed by atoms with Crippen LogP contribution in [0.1, 0.15) is 140 Å². The molecule has 1 fully saturated rings. The van der Waals surface area contributed by atoms with Crippen LogP contribution in [0.15, 0.2) is 18.2 Å². The summed E-state index contributed by atoms with van der Waals surface area (Å²) in [6.07, 6.45) is 4.67. The lowest BCUT2D eigenvalue weighted by molar-refractivity contribution is -0.249. The van der Waals surface area contributed by atoms with Gasteiger partial charge in [-0.2, -0.15) is 11.8 Å². The summed E-state index contributed by atoms with van der Waals surface area (Å²) >= 11 is 1.99. The van der Waals surface area contributed by atoms with Crippen LogP contribution in [-0.4, -0.2) is 104 Å². The number of carbonyl (C=O) groups is 4. The lowest BCUT2D eigenvalue weighted by atomic mass is 9.72. The van der Waals surface area contributed by atoms with Gasteiger partial charge in [-0.1, -0.05) is 64.0 Å². The molecule has 1 amide bonds. The Hall–Kier alpha value is -3.53. The molecule has 0 saturated carbocycles. The van der Waals surface area contributed by atoms with Crippen molar-refractivity contribution < 1.29 is 58.9 Å². The lowest BCUT2D eigenvalue weighted by Gasteiger charge is -2.43. The molecular formula is C41H55NO12S. The molecule has 0 radical (unpaired) electrons. The summed E-state index contributed by atoms with van der Waals surface area (Å²) in [6.45, 7) is 2.73. The zero-order chi connectivity index (χ0) is 39.9. The Kier molecular flexibility index (Phi) is 14.8. The minimum absolute atomic E-state index is 0.0493. The van der Waals surface area contributed by atoms with Gasteiger partial charge in [0, 0.05) is 42.4 Å². The van der Waals surface area contributed by atoms with Crippen molar-refractivity contribution >= 4 is 35.0 Å². The summed E-state index contributed by atoms with van der Waals surface area (Å²) in [5.41, 5.74) is -3.79. The molecule has 6 N–H and O–H groups in total. The van der Waals surface area contributed by atoms with Crippen LogP contribution in [0, 0.1) is 0 Å². The number of hydrogen-bond donors (Lipinski definition) is 6. The number of phenols is 2. The maximum Gasteiger partial charge on any atom is 0.220 e. The van der Waals surface area contributed by atoms with Gasteiger partial charge in [0.15, 0.2) is 17.9 Å². The van der Waals surface area contributed by atoms with Gasteiger partial charge < -0.3 is 45.1 Å². The second-order valence-corrected chi connectivity index (χ2v) is 16.2. The highest BCUT2D eigenvalue weighted by Gasteiger charge is 2.50. The van der Waals surface area contributed by atoms with Gasteiger partial charge in [-0.25, -0.2) is 0 Å². The van der Waals surface area contributed by atoms with E-state index in [4.69, 9.17) is 14.2 Å². The predicted molar refractivity (Wildman–Crippen MR) is 205 cm³/mol. The van der Waals surface area contributed by atoms with Gasteiger partial charge in [-0.3, -0.25) is 19.2 Å². The van der Waals surface area contributed by atoms with E-state index in [0.29, 0.717) is 6.42 Å². The number of Topliss-reactive ketones (excluding diaryl/α,β-unsaturated/α-hetero) is 1. The average Bonchev–Trinajstić information content (AvgIpc) is 3.16. The monoisotopic (exact) mass is 785 g/mol. The second kappa shape index (κ2) is 19.1. The molecule has 1 saturated heterocycles. The van der Waals surface area contributed by atoms with Crippen LogP contribution in [0.25, 0.3) is 0 Å². The third kappa shape index (κ3) is 9.37. The maximum atomic E-state index is 13.9. The van der Waals surface area contributed by atoms with Crippen molar-refractivity contribution in [1.29, 1.82) is 0 Å². The third-order valence-corrected chi connectivity index (χ3v) is 12.0. The molecule has 13 nitrogen and oxygen atoms in total. The van der Waals surface area contributed by atoms with Gasteiger partial charge in [0.25, 0.3) is 0 Å². The number of amides is 1. The van der Waals surface area contributed by atoms with E-state index in [0.717, 1.165) is 19.3 Å². The minimum atomic E-state index is -2.30. The van der Waals surface area contributed by atoms with E-state index in [1.54, 1.807) is 6.92 Å². The Bertz CT molecular complexity index is 1730. The van der Waals surface area contributed by atoms with E-state index in [2.05, 4.69) is 12.2 Å². The van der Waals surface area contributed by atoms with E-state index in [-0.39, 0.29) is 46.8 Å². The first-order valence-electron chi connectivity index (χ1n) is 19.5.